The number of hydrazine groups is 1. The van der Waals surface area contributed by atoms with Crippen molar-refractivity contribution in [1.29, 1.82) is 0 Å². The average molecular weight is 432 g/mol. The number of carbonyl (C=O) groups is 1. The maximum absolute atomic E-state index is 12.2. The molecule has 2 N–H and O–H groups in total. The van der Waals surface area contributed by atoms with E-state index < -0.39 is 0 Å². The molecule has 0 aliphatic carbocycles. The molecule has 4 rings (SSSR count). The number of nitrogens with one attached hydrogen (secondary N) is 2. The SMILES string of the molecule is CCOC(=O)C1NNCC1CN1CCCC(N2CCN(c3ccccc3OC)CC2)C1. The van der Waals surface area contributed by atoms with Gasteiger partial charge in [0, 0.05) is 57.8 Å². The lowest BCUT2D eigenvalue weighted by Gasteiger charge is -2.44. The van der Waals surface area contributed by atoms with Gasteiger partial charge >= 0.3 is 5.97 Å². The minimum absolute atomic E-state index is 0.140. The first-order chi connectivity index (χ1) is 15.2. The van der Waals surface area contributed by atoms with Gasteiger partial charge in [0.1, 0.15) is 11.8 Å². The number of piperazine rings is 1. The van der Waals surface area contributed by atoms with Crippen molar-refractivity contribution in [3.8, 4) is 5.75 Å². The van der Waals surface area contributed by atoms with Crippen molar-refractivity contribution >= 4 is 11.7 Å². The molecule has 1 aromatic carbocycles. The molecule has 3 unspecified atom stereocenters. The van der Waals surface area contributed by atoms with Gasteiger partial charge in [-0.1, -0.05) is 12.1 Å². The topological polar surface area (TPSA) is 69.3 Å². The van der Waals surface area contributed by atoms with Crippen LogP contribution in [0.5, 0.6) is 5.75 Å². The van der Waals surface area contributed by atoms with Crippen LogP contribution in [0, 0.1) is 5.92 Å². The van der Waals surface area contributed by atoms with Crippen molar-refractivity contribution in [1.82, 2.24) is 20.7 Å². The summed E-state index contributed by atoms with van der Waals surface area (Å²) in [5.41, 5.74) is 7.46. The molecule has 0 amide bonds. The number of hydrogen-bond acceptors (Lipinski definition) is 8. The van der Waals surface area contributed by atoms with E-state index in [2.05, 4.69) is 37.7 Å². The Morgan fingerprint density at radius 2 is 1.97 bits per heavy atom. The van der Waals surface area contributed by atoms with Crippen molar-refractivity contribution in [3.63, 3.8) is 0 Å². The second-order valence-corrected chi connectivity index (χ2v) is 8.77. The highest BCUT2D eigenvalue weighted by Gasteiger charge is 2.36. The van der Waals surface area contributed by atoms with E-state index in [-0.39, 0.29) is 17.9 Å². The molecule has 8 heteroatoms. The molecule has 3 fully saturated rings. The number of hydrogen-bond donors (Lipinski definition) is 2. The summed E-state index contributed by atoms with van der Waals surface area (Å²) in [5.74, 6) is 1.06. The van der Waals surface area contributed by atoms with Gasteiger partial charge in [-0.15, -0.1) is 0 Å². The van der Waals surface area contributed by atoms with Crippen LogP contribution >= 0.6 is 0 Å². The number of methoxy groups -OCH3 is 1. The second-order valence-electron chi connectivity index (χ2n) is 8.77. The zero-order valence-electron chi connectivity index (χ0n) is 18.9. The number of benzene rings is 1. The number of nitrogens with zero attached hydrogens (tertiary/aromatic N) is 3. The number of para-hydroxylation sites is 2. The van der Waals surface area contributed by atoms with Crippen LogP contribution in [-0.2, 0) is 9.53 Å². The summed E-state index contributed by atoms with van der Waals surface area (Å²) in [6, 6.07) is 8.65. The molecule has 1 aromatic rings. The van der Waals surface area contributed by atoms with E-state index in [1.54, 1.807) is 7.11 Å². The Morgan fingerprint density at radius 1 is 1.16 bits per heavy atom. The normalized spacial score (nSPS) is 27.9. The smallest absolute Gasteiger partial charge is 0.324 e. The van der Waals surface area contributed by atoms with E-state index in [9.17, 15) is 4.79 Å². The molecular weight excluding hydrogens is 394 g/mol. The number of anilines is 1. The van der Waals surface area contributed by atoms with Gasteiger partial charge in [-0.25, -0.2) is 5.43 Å². The largest absolute Gasteiger partial charge is 0.495 e. The van der Waals surface area contributed by atoms with Gasteiger partial charge in [-0.2, -0.15) is 0 Å². The molecule has 31 heavy (non-hydrogen) atoms. The van der Waals surface area contributed by atoms with Crippen LogP contribution in [0.3, 0.4) is 0 Å². The van der Waals surface area contributed by atoms with Crippen LogP contribution in [0.25, 0.3) is 0 Å². The van der Waals surface area contributed by atoms with Crippen molar-refractivity contribution in [2.45, 2.75) is 31.8 Å². The minimum atomic E-state index is -0.246. The molecule has 0 aromatic heterocycles. The Kier molecular flexibility index (Phi) is 7.66. The first-order valence-corrected chi connectivity index (χ1v) is 11.7. The fraction of sp³-hybridized carbons (Fsp3) is 0.696. The van der Waals surface area contributed by atoms with E-state index >= 15 is 0 Å². The summed E-state index contributed by atoms with van der Waals surface area (Å²) in [6.45, 7) is 10.4. The molecule has 0 radical (unpaired) electrons. The Labute approximate surface area is 185 Å². The summed E-state index contributed by atoms with van der Waals surface area (Å²) >= 11 is 0. The number of piperidine rings is 1. The number of esters is 1. The van der Waals surface area contributed by atoms with Crippen LogP contribution in [0.2, 0.25) is 0 Å². The Hall–Kier alpha value is -1.87. The predicted molar refractivity (Wildman–Crippen MR) is 121 cm³/mol. The Morgan fingerprint density at radius 3 is 2.74 bits per heavy atom. The van der Waals surface area contributed by atoms with Gasteiger partial charge in [0.2, 0.25) is 0 Å². The average Bonchev–Trinajstić information content (AvgIpc) is 3.28. The second kappa shape index (κ2) is 10.6. The third kappa shape index (κ3) is 5.31. The molecule has 0 saturated carbocycles. The number of carbonyl (C=O) groups excluding carboxylic acids is 1. The molecule has 172 valence electrons. The zero-order valence-corrected chi connectivity index (χ0v) is 18.9. The summed E-state index contributed by atoms with van der Waals surface area (Å²) in [7, 11) is 1.74. The Balaban J connectivity index is 1.29. The molecule has 0 spiro atoms. The highest BCUT2D eigenvalue weighted by Crippen LogP contribution is 2.29. The van der Waals surface area contributed by atoms with Gasteiger partial charge in [-0.3, -0.25) is 15.1 Å². The van der Waals surface area contributed by atoms with Gasteiger partial charge in [-0.05, 0) is 38.4 Å². The van der Waals surface area contributed by atoms with E-state index in [0.717, 1.165) is 58.1 Å². The summed E-state index contributed by atoms with van der Waals surface area (Å²) < 4.78 is 10.8. The van der Waals surface area contributed by atoms with Crippen molar-refractivity contribution in [2.75, 3.05) is 71.0 Å². The number of rotatable bonds is 7. The third-order valence-corrected chi connectivity index (χ3v) is 6.86. The maximum Gasteiger partial charge on any atom is 0.324 e. The van der Waals surface area contributed by atoms with Gasteiger partial charge < -0.3 is 19.3 Å². The van der Waals surface area contributed by atoms with Gasteiger partial charge in [0.05, 0.1) is 19.4 Å². The van der Waals surface area contributed by atoms with Crippen LogP contribution in [0.4, 0.5) is 5.69 Å². The van der Waals surface area contributed by atoms with Crippen LogP contribution in [0.15, 0.2) is 24.3 Å². The lowest BCUT2D eigenvalue weighted by Crippen LogP contribution is -2.56. The highest BCUT2D eigenvalue weighted by atomic mass is 16.5. The van der Waals surface area contributed by atoms with Crippen LogP contribution in [0.1, 0.15) is 19.8 Å². The van der Waals surface area contributed by atoms with Crippen molar-refractivity contribution in [3.05, 3.63) is 24.3 Å². The lowest BCUT2D eigenvalue weighted by molar-refractivity contribution is -0.146. The molecule has 3 aliphatic rings. The number of ether oxygens (including phenoxy) is 2. The van der Waals surface area contributed by atoms with Gasteiger partial charge in [0.15, 0.2) is 0 Å². The molecule has 0 bridgehead atoms. The molecule has 3 heterocycles. The maximum atomic E-state index is 12.2. The van der Waals surface area contributed by atoms with E-state index in [0.29, 0.717) is 12.6 Å². The van der Waals surface area contributed by atoms with Crippen molar-refractivity contribution < 1.29 is 14.3 Å². The van der Waals surface area contributed by atoms with Gasteiger partial charge in [0.25, 0.3) is 0 Å². The van der Waals surface area contributed by atoms with E-state index in [1.165, 1.54) is 18.5 Å². The first-order valence-electron chi connectivity index (χ1n) is 11.7. The van der Waals surface area contributed by atoms with Crippen molar-refractivity contribution in [2.24, 2.45) is 5.92 Å². The fourth-order valence-electron chi connectivity index (χ4n) is 5.23. The Bertz CT molecular complexity index is 725. The monoisotopic (exact) mass is 431 g/mol. The van der Waals surface area contributed by atoms with Crippen LogP contribution in [-0.4, -0.2) is 93.9 Å². The fourth-order valence-corrected chi connectivity index (χ4v) is 5.23. The standard InChI is InChI=1S/C23H37N5O3/c1-3-31-23(29)22-18(15-24-25-22)16-26-10-6-7-19(17-26)27-11-13-28(14-12-27)20-8-4-5-9-21(20)30-2/h4-5,8-9,18-19,22,24-25H,3,6-7,10-17H2,1-2H3. The summed E-state index contributed by atoms with van der Waals surface area (Å²) in [5, 5.41) is 0. The molecule has 3 saturated heterocycles. The lowest BCUT2D eigenvalue weighted by atomic mass is 9.97. The van der Waals surface area contributed by atoms with E-state index in [1.807, 2.05) is 19.1 Å². The molecule has 3 aliphatic heterocycles. The zero-order chi connectivity index (χ0) is 21.6. The first kappa shape index (κ1) is 22.3. The van der Waals surface area contributed by atoms with Crippen LogP contribution < -0.4 is 20.5 Å². The highest BCUT2D eigenvalue weighted by molar-refractivity contribution is 5.76. The minimum Gasteiger partial charge on any atom is -0.495 e. The summed E-state index contributed by atoms with van der Waals surface area (Å²) in [4.78, 5) is 19.9. The van der Waals surface area contributed by atoms with E-state index in [4.69, 9.17) is 9.47 Å². The third-order valence-electron chi connectivity index (χ3n) is 6.86. The molecule has 3 atom stereocenters. The number of likely N-dealkylation sites (tertiary alicyclic amines) is 1. The predicted octanol–water partition coefficient (Wildman–Crippen LogP) is 0.937. The quantitative estimate of drug-likeness (QED) is 0.619. The molecular formula is C23H37N5O3. The molecule has 8 nitrogen and oxygen atoms in total. The summed E-state index contributed by atoms with van der Waals surface area (Å²) in [6.07, 6.45) is 2.47.